The Hall–Kier alpha value is -3.34. The van der Waals surface area contributed by atoms with E-state index in [0.717, 1.165) is 42.4 Å². The van der Waals surface area contributed by atoms with E-state index >= 15 is 0 Å². The molecule has 0 aliphatic heterocycles. The molecule has 0 saturated heterocycles. The number of alkyl halides is 3. The highest BCUT2D eigenvalue weighted by atomic mass is 19.4. The Morgan fingerprint density at radius 2 is 1.66 bits per heavy atom. The molecule has 35 heavy (non-hydrogen) atoms. The number of amides is 1. The van der Waals surface area contributed by atoms with Gasteiger partial charge in [-0.05, 0) is 61.4 Å². The third kappa shape index (κ3) is 8.43. The monoisotopic (exact) mass is 499 g/mol. The molecule has 0 heterocycles. The molecule has 0 radical (unpaired) electrons. The smallest absolute Gasteiger partial charge is 0.480 e. The van der Waals surface area contributed by atoms with Gasteiger partial charge in [-0.1, -0.05) is 18.6 Å². The van der Waals surface area contributed by atoms with Gasteiger partial charge in [-0.3, -0.25) is 0 Å². The van der Waals surface area contributed by atoms with Crippen LogP contribution in [-0.2, 0) is 14.3 Å². The number of nitrogens with zero attached hydrogens (tertiary/aromatic N) is 1. The van der Waals surface area contributed by atoms with E-state index in [9.17, 15) is 27.2 Å². The van der Waals surface area contributed by atoms with E-state index in [4.69, 9.17) is 14.6 Å². The zero-order chi connectivity index (χ0) is 25.4. The number of carbonyl (C=O) groups is 2. The lowest BCUT2D eigenvalue weighted by Crippen LogP contribution is -2.30. The molecule has 7 nitrogen and oxygen atoms in total. The van der Waals surface area contributed by atoms with Crippen LogP contribution in [0.1, 0.15) is 25.7 Å². The van der Waals surface area contributed by atoms with Crippen LogP contribution >= 0.6 is 0 Å². The van der Waals surface area contributed by atoms with E-state index in [1.165, 1.54) is 30.3 Å². The molecule has 11 heteroatoms. The predicted molar refractivity (Wildman–Crippen MR) is 117 cm³/mol. The number of hydrogen-bond donors (Lipinski definition) is 1. The maximum absolute atomic E-state index is 13.9. The summed E-state index contributed by atoms with van der Waals surface area (Å²) in [4.78, 5) is 24.6. The fourth-order valence-electron chi connectivity index (χ4n) is 4.07. The summed E-state index contributed by atoms with van der Waals surface area (Å²) in [6.07, 6.45) is -2.63. The van der Waals surface area contributed by atoms with Crippen LogP contribution in [0.3, 0.4) is 0 Å². The van der Waals surface area contributed by atoms with Crippen LogP contribution in [0, 0.1) is 17.7 Å². The number of hydrogen-bond acceptors (Lipinski definition) is 5. The molecular formula is C24H25F4NO6. The largest absolute Gasteiger partial charge is 0.573 e. The number of rotatable bonds is 9. The lowest BCUT2D eigenvalue weighted by atomic mass is 9.82. The second kappa shape index (κ2) is 11.9. The number of carboxylic acids is 1. The van der Waals surface area contributed by atoms with Crippen molar-refractivity contribution in [3.63, 3.8) is 0 Å². The van der Waals surface area contributed by atoms with Gasteiger partial charge >= 0.3 is 18.4 Å². The van der Waals surface area contributed by atoms with E-state index < -0.39 is 30.0 Å². The first-order chi connectivity index (χ1) is 16.6. The molecule has 0 bridgehead atoms. The van der Waals surface area contributed by atoms with Gasteiger partial charge in [0.25, 0.3) is 0 Å². The highest BCUT2D eigenvalue weighted by Gasteiger charge is 2.32. The maximum atomic E-state index is 13.9. The molecule has 190 valence electrons. The first kappa shape index (κ1) is 26.3. The lowest BCUT2D eigenvalue weighted by Gasteiger charge is -2.29. The fraction of sp³-hybridized carbons (Fsp3) is 0.417. The Bertz CT molecular complexity index is 1020. The molecule has 0 aromatic heterocycles. The number of carbonyl (C=O) groups excluding carboxylic acids is 1. The van der Waals surface area contributed by atoms with E-state index in [1.54, 1.807) is 0 Å². The zero-order valence-electron chi connectivity index (χ0n) is 18.7. The summed E-state index contributed by atoms with van der Waals surface area (Å²) in [5, 5.41) is 8.70. The summed E-state index contributed by atoms with van der Waals surface area (Å²) < 4.78 is 66.5. The van der Waals surface area contributed by atoms with Crippen LogP contribution in [0.25, 0.3) is 0 Å². The fourth-order valence-corrected chi connectivity index (χ4v) is 4.07. The van der Waals surface area contributed by atoms with E-state index in [-0.39, 0.29) is 43.0 Å². The van der Waals surface area contributed by atoms with E-state index in [2.05, 4.69) is 4.74 Å². The van der Waals surface area contributed by atoms with Crippen LogP contribution in [0.2, 0.25) is 0 Å². The van der Waals surface area contributed by atoms with Crippen molar-refractivity contribution in [3.8, 4) is 5.75 Å². The minimum absolute atomic E-state index is 0.000356. The summed E-state index contributed by atoms with van der Waals surface area (Å²) in [7, 11) is 0. The zero-order valence-corrected chi connectivity index (χ0v) is 18.7. The van der Waals surface area contributed by atoms with E-state index in [1.807, 2.05) is 0 Å². The van der Waals surface area contributed by atoms with Gasteiger partial charge in [-0.25, -0.2) is 18.9 Å². The maximum Gasteiger partial charge on any atom is 0.573 e. The van der Waals surface area contributed by atoms with Gasteiger partial charge in [0.2, 0.25) is 0 Å². The van der Waals surface area contributed by atoms with Gasteiger partial charge in [-0.15, -0.1) is 13.2 Å². The molecule has 0 spiro atoms. The molecule has 2 aromatic carbocycles. The topological polar surface area (TPSA) is 85.3 Å². The first-order valence-electron chi connectivity index (χ1n) is 11.0. The third-order valence-corrected chi connectivity index (χ3v) is 5.47. The molecule has 1 aliphatic carbocycles. The molecular weight excluding hydrogens is 474 g/mol. The van der Waals surface area contributed by atoms with Crippen molar-refractivity contribution in [1.29, 1.82) is 0 Å². The molecule has 1 saturated carbocycles. The molecule has 3 rings (SSSR count). The Morgan fingerprint density at radius 3 is 2.31 bits per heavy atom. The normalized spacial score (nSPS) is 18.1. The Kier molecular flexibility index (Phi) is 8.91. The molecule has 2 atom stereocenters. The molecule has 1 fully saturated rings. The van der Waals surface area contributed by atoms with Gasteiger partial charge in [0.15, 0.2) is 0 Å². The number of benzene rings is 2. The third-order valence-electron chi connectivity index (χ3n) is 5.47. The molecule has 1 amide bonds. The van der Waals surface area contributed by atoms with Gasteiger partial charge in [0.05, 0.1) is 24.6 Å². The quantitative estimate of drug-likeness (QED) is 0.432. The van der Waals surface area contributed by atoms with Crippen LogP contribution in [0.4, 0.5) is 33.7 Å². The summed E-state index contributed by atoms with van der Waals surface area (Å²) in [5.74, 6) is -2.10. The molecule has 1 aliphatic rings. The van der Waals surface area contributed by atoms with Gasteiger partial charge in [0, 0.05) is 6.07 Å². The Morgan fingerprint density at radius 1 is 1.00 bits per heavy atom. The van der Waals surface area contributed by atoms with Crippen LogP contribution in [0.15, 0.2) is 48.5 Å². The SMILES string of the molecule is O=C(O)COCC1CCCC(COC(=O)N(c2cccc(F)c2)c2cccc(OC(F)(F)F)c2)C1. The number of anilines is 2. The summed E-state index contributed by atoms with van der Waals surface area (Å²) in [6, 6.07) is 9.78. The number of carboxylic acid groups (broad SMARTS) is 1. The summed E-state index contributed by atoms with van der Waals surface area (Å²) in [5.41, 5.74) is 0.0775. The van der Waals surface area contributed by atoms with Crippen molar-refractivity contribution in [2.45, 2.75) is 32.0 Å². The number of aliphatic carboxylic acids is 1. The minimum Gasteiger partial charge on any atom is -0.480 e. The highest BCUT2D eigenvalue weighted by molar-refractivity contribution is 5.96. The van der Waals surface area contributed by atoms with Gasteiger partial charge in [-0.2, -0.15) is 0 Å². The molecule has 2 aromatic rings. The second-order valence-electron chi connectivity index (χ2n) is 8.24. The second-order valence-corrected chi connectivity index (χ2v) is 8.24. The van der Waals surface area contributed by atoms with Crippen molar-refractivity contribution in [2.24, 2.45) is 11.8 Å². The van der Waals surface area contributed by atoms with Crippen molar-refractivity contribution < 1.29 is 46.5 Å². The molecule has 2 unspecified atom stereocenters. The van der Waals surface area contributed by atoms with Crippen molar-refractivity contribution in [3.05, 3.63) is 54.3 Å². The average Bonchev–Trinajstić information content (AvgIpc) is 2.77. The van der Waals surface area contributed by atoms with Crippen molar-refractivity contribution in [1.82, 2.24) is 0 Å². The standard InChI is InChI=1S/C24H25F4NO6/c25-18-6-2-7-19(11-18)29(20-8-3-9-21(12-20)35-24(26,27)28)23(32)34-14-17-5-1-4-16(10-17)13-33-15-22(30)31/h2-3,6-9,11-12,16-17H,1,4-5,10,13-15H2,(H,30,31). The van der Waals surface area contributed by atoms with Crippen LogP contribution in [0.5, 0.6) is 5.75 Å². The average molecular weight is 499 g/mol. The minimum atomic E-state index is -4.92. The summed E-state index contributed by atoms with van der Waals surface area (Å²) in [6.45, 7) is -0.0488. The van der Waals surface area contributed by atoms with Crippen LogP contribution < -0.4 is 9.64 Å². The predicted octanol–water partition coefficient (Wildman–Crippen LogP) is 5.91. The summed E-state index contributed by atoms with van der Waals surface area (Å²) >= 11 is 0. The lowest BCUT2D eigenvalue weighted by molar-refractivity contribution is -0.274. The van der Waals surface area contributed by atoms with Crippen LogP contribution in [-0.4, -0.2) is 43.4 Å². The van der Waals surface area contributed by atoms with Gasteiger partial charge < -0.3 is 19.3 Å². The molecule has 1 N–H and O–H groups in total. The Balaban J connectivity index is 1.71. The first-order valence-corrected chi connectivity index (χ1v) is 11.0. The van der Waals surface area contributed by atoms with Gasteiger partial charge in [0.1, 0.15) is 18.2 Å². The highest BCUT2D eigenvalue weighted by Crippen LogP contribution is 2.33. The number of ether oxygens (including phenoxy) is 3. The van der Waals surface area contributed by atoms with Crippen molar-refractivity contribution in [2.75, 3.05) is 24.7 Å². The van der Waals surface area contributed by atoms with E-state index in [0.29, 0.717) is 6.42 Å². The van der Waals surface area contributed by atoms with Crippen molar-refractivity contribution >= 4 is 23.4 Å². The number of halogens is 4. The Labute approximate surface area is 199 Å².